The molecule has 0 aliphatic heterocycles. The van der Waals surface area contributed by atoms with Crippen molar-refractivity contribution in [3.8, 4) is 6.07 Å². The molecule has 0 radical (unpaired) electrons. The third-order valence-electron chi connectivity index (χ3n) is 0.636. The molecule has 10 heavy (non-hydrogen) atoms. The maximum atomic E-state index is 10.3. The van der Waals surface area contributed by atoms with Gasteiger partial charge in [-0.1, -0.05) is 20.4 Å². The van der Waals surface area contributed by atoms with E-state index < -0.39 is 5.91 Å². The van der Waals surface area contributed by atoms with Crippen LogP contribution in [0.1, 0.15) is 13.8 Å². The molecule has 0 rings (SSSR count). The smallest absolute Gasteiger partial charge is 0.261 e. The van der Waals surface area contributed by atoms with Gasteiger partial charge in [0.2, 0.25) is 0 Å². The second kappa shape index (κ2) is 7.70. The SMILES string of the molecule is C=C(C#N)C(=O)NC.CC. The number of carbonyl (C=O) groups excluding carboxylic acids is 1. The average molecular weight is 140 g/mol. The zero-order valence-corrected chi connectivity index (χ0v) is 6.56. The fourth-order valence-electron chi connectivity index (χ4n) is 0.202. The van der Waals surface area contributed by atoms with Crippen LogP contribution in [0.4, 0.5) is 0 Å². The minimum absolute atomic E-state index is 0.0625. The average Bonchev–Trinajstić information content (AvgIpc) is 2.05. The summed E-state index contributed by atoms with van der Waals surface area (Å²) >= 11 is 0. The summed E-state index contributed by atoms with van der Waals surface area (Å²) in [6, 6.07) is 1.61. The maximum absolute atomic E-state index is 10.3. The van der Waals surface area contributed by atoms with Crippen molar-refractivity contribution in [1.29, 1.82) is 5.26 Å². The largest absolute Gasteiger partial charge is 0.355 e. The van der Waals surface area contributed by atoms with Crippen LogP contribution in [0.5, 0.6) is 0 Å². The first kappa shape index (κ1) is 11.5. The zero-order chi connectivity index (χ0) is 8.57. The van der Waals surface area contributed by atoms with E-state index in [0.717, 1.165) is 0 Å². The van der Waals surface area contributed by atoms with Gasteiger partial charge < -0.3 is 5.32 Å². The van der Waals surface area contributed by atoms with E-state index in [9.17, 15) is 4.79 Å². The maximum Gasteiger partial charge on any atom is 0.261 e. The monoisotopic (exact) mass is 140 g/mol. The summed E-state index contributed by atoms with van der Waals surface area (Å²) in [6.07, 6.45) is 0. The van der Waals surface area contributed by atoms with Crippen LogP contribution in [0.2, 0.25) is 0 Å². The molecule has 0 fully saturated rings. The van der Waals surface area contributed by atoms with Crippen molar-refractivity contribution in [3.63, 3.8) is 0 Å². The first-order valence-corrected chi connectivity index (χ1v) is 3.03. The van der Waals surface area contributed by atoms with Gasteiger partial charge in [-0.2, -0.15) is 5.26 Å². The number of nitriles is 1. The van der Waals surface area contributed by atoms with Gasteiger partial charge in [-0.3, -0.25) is 4.79 Å². The summed E-state index contributed by atoms with van der Waals surface area (Å²) in [5.41, 5.74) is -0.0625. The van der Waals surface area contributed by atoms with Gasteiger partial charge in [-0.25, -0.2) is 0 Å². The normalized spacial score (nSPS) is 6.20. The molecule has 3 heteroatoms. The second-order valence-corrected chi connectivity index (χ2v) is 1.17. The van der Waals surface area contributed by atoms with Crippen molar-refractivity contribution in [2.45, 2.75) is 13.8 Å². The minimum atomic E-state index is -0.424. The van der Waals surface area contributed by atoms with Crippen LogP contribution in [0, 0.1) is 11.3 Å². The van der Waals surface area contributed by atoms with Crippen LogP contribution in [0.25, 0.3) is 0 Å². The van der Waals surface area contributed by atoms with Gasteiger partial charge in [0.05, 0.1) is 0 Å². The highest BCUT2D eigenvalue weighted by atomic mass is 16.1. The lowest BCUT2D eigenvalue weighted by Crippen LogP contribution is -2.18. The number of nitrogens with zero attached hydrogens (tertiary/aromatic N) is 1. The van der Waals surface area contributed by atoms with Crippen LogP contribution in [-0.4, -0.2) is 13.0 Å². The van der Waals surface area contributed by atoms with Crippen LogP contribution < -0.4 is 5.32 Å². The van der Waals surface area contributed by atoms with Gasteiger partial charge in [0.25, 0.3) is 5.91 Å². The Hall–Kier alpha value is -1.30. The Labute approximate surface area is 61.3 Å². The second-order valence-electron chi connectivity index (χ2n) is 1.17. The molecule has 0 aromatic heterocycles. The van der Waals surface area contributed by atoms with Gasteiger partial charge in [0, 0.05) is 7.05 Å². The van der Waals surface area contributed by atoms with Crippen molar-refractivity contribution in [2.75, 3.05) is 7.05 Å². The molecule has 56 valence electrons. The molecule has 0 atom stereocenters. The van der Waals surface area contributed by atoms with E-state index in [2.05, 4.69) is 11.9 Å². The molecule has 0 aromatic rings. The molecule has 1 N–H and O–H groups in total. The van der Waals surface area contributed by atoms with Crippen LogP contribution >= 0.6 is 0 Å². The first-order chi connectivity index (χ1) is 4.72. The summed E-state index contributed by atoms with van der Waals surface area (Å²) in [6.45, 7) is 7.17. The minimum Gasteiger partial charge on any atom is -0.355 e. The molecule has 0 aromatic carbocycles. The van der Waals surface area contributed by atoms with Crippen LogP contribution in [-0.2, 0) is 4.79 Å². The molecule has 1 amide bonds. The lowest BCUT2D eigenvalue weighted by molar-refractivity contribution is -0.116. The Morgan fingerprint density at radius 3 is 2.10 bits per heavy atom. The van der Waals surface area contributed by atoms with Gasteiger partial charge >= 0.3 is 0 Å². The van der Waals surface area contributed by atoms with Gasteiger partial charge in [-0.05, 0) is 0 Å². The van der Waals surface area contributed by atoms with Crippen LogP contribution in [0.3, 0.4) is 0 Å². The highest BCUT2D eigenvalue weighted by Gasteiger charge is 1.98. The van der Waals surface area contributed by atoms with Crippen molar-refractivity contribution >= 4 is 5.91 Å². The topological polar surface area (TPSA) is 52.9 Å². The fraction of sp³-hybridized carbons (Fsp3) is 0.429. The number of nitrogens with one attached hydrogen (secondary N) is 1. The number of rotatable bonds is 1. The van der Waals surface area contributed by atoms with Crippen molar-refractivity contribution < 1.29 is 4.79 Å². The quantitative estimate of drug-likeness (QED) is 0.433. The zero-order valence-electron chi connectivity index (χ0n) is 6.56. The lowest BCUT2D eigenvalue weighted by Gasteiger charge is -1.89. The number of likely N-dealkylation sites (N-methyl/N-ethyl adjacent to an activating group) is 1. The van der Waals surface area contributed by atoms with E-state index in [4.69, 9.17) is 5.26 Å². The third kappa shape index (κ3) is 4.85. The summed E-state index contributed by atoms with van der Waals surface area (Å²) < 4.78 is 0. The standard InChI is InChI=1S/C5H6N2O.C2H6/c1-4(3-6)5(8)7-2;1-2/h1H2,2H3,(H,7,8);1-2H3. The molecule has 0 saturated carbocycles. The Balaban J connectivity index is 0. The molecule has 0 bridgehead atoms. The van der Waals surface area contributed by atoms with Crippen molar-refractivity contribution in [2.24, 2.45) is 0 Å². The Morgan fingerprint density at radius 1 is 1.60 bits per heavy atom. The third-order valence-corrected chi connectivity index (χ3v) is 0.636. The van der Waals surface area contributed by atoms with Crippen LogP contribution in [0.15, 0.2) is 12.2 Å². The molecule has 0 heterocycles. The summed E-state index contributed by atoms with van der Waals surface area (Å²) in [4.78, 5) is 10.3. The van der Waals surface area contributed by atoms with E-state index in [0.29, 0.717) is 0 Å². The van der Waals surface area contributed by atoms with Gasteiger partial charge in [0.15, 0.2) is 0 Å². The highest BCUT2D eigenvalue weighted by molar-refractivity contribution is 5.96. The molecule has 0 aliphatic carbocycles. The number of carbonyl (C=O) groups is 1. The highest BCUT2D eigenvalue weighted by Crippen LogP contribution is 1.82. The fourth-order valence-corrected chi connectivity index (χ4v) is 0.202. The Kier molecular flexibility index (Phi) is 8.85. The first-order valence-electron chi connectivity index (χ1n) is 3.03. The van der Waals surface area contributed by atoms with E-state index in [1.165, 1.54) is 7.05 Å². The van der Waals surface area contributed by atoms with E-state index >= 15 is 0 Å². The van der Waals surface area contributed by atoms with Gasteiger partial charge in [-0.15, -0.1) is 0 Å². The number of hydrogen-bond acceptors (Lipinski definition) is 2. The van der Waals surface area contributed by atoms with E-state index in [1.54, 1.807) is 6.07 Å². The number of amides is 1. The Bertz CT molecular complexity index is 155. The molecule has 0 saturated heterocycles. The molecule has 0 aliphatic rings. The predicted molar refractivity (Wildman–Crippen MR) is 40.2 cm³/mol. The molecular weight excluding hydrogens is 128 g/mol. The van der Waals surface area contributed by atoms with Gasteiger partial charge in [0.1, 0.15) is 11.6 Å². The van der Waals surface area contributed by atoms with E-state index in [-0.39, 0.29) is 5.57 Å². The Morgan fingerprint density at radius 2 is 2.00 bits per heavy atom. The lowest BCUT2D eigenvalue weighted by atomic mass is 10.3. The molecule has 0 spiro atoms. The molecule has 3 nitrogen and oxygen atoms in total. The predicted octanol–water partition coefficient (Wildman–Crippen LogP) is 0.838. The van der Waals surface area contributed by atoms with E-state index in [1.807, 2.05) is 13.8 Å². The summed E-state index contributed by atoms with van der Waals surface area (Å²) in [7, 11) is 1.45. The molecule has 0 unspecified atom stereocenters. The van der Waals surface area contributed by atoms with Crippen molar-refractivity contribution in [1.82, 2.24) is 5.32 Å². The molecular formula is C7H12N2O. The van der Waals surface area contributed by atoms with Crippen molar-refractivity contribution in [3.05, 3.63) is 12.2 Å². The summed E-state index contributed by atoms with van der Waals surface area (Å²) in [5.74, 6) is -0.424. The number of hydrogen-bond donors (Lipinski definition) is 1. The summed E-state index contributed by atoms with van der Waals surface area (Å²) in [5, 5.41) is 10.3.